The van der Waals surface area contributed by atoms with Gasteiger partial charge < -0.3 is 9.47 Å². The van der Waals surface area contributed by atoms with Crippen LogP contribution in [0.2, 0.25) is 0 Å². The van der Waals surface area contributed by atoms with Crippen molar-refractivity contribution >= 4 is 12.1 Å². The van der Waals surface area contributed by atoms with E-state index in [1.165, 1.54) is 12.5 Å². The molecule has 6 heteroatoms. The van der Waals surface area contributed by atoms with Crippen molar-refractivity contribution in [1.82, 2.24) is 10.4 Å². The number of allylic oxidation sites excluding steroid dienone is 1. The van der Waals surface area contributed by atoms with Gasteiger partial charge in [0, 0.05) is 18.0 Å². The number of carbonyl (C=O) groups is 1. The largest absolute Gasteiger partial charge is 0.494 e. The molecule has 0 unspecified atom stereocenters. The molecule has 0 aliphatic carbocycles. The average Bonchev–Trinajstić information content (AvgIpc) is 2.41. The summed E-state index contributed by atoms with van der Waals surface area (Å²) in [7, 11) is 0. The molecule has 0 atom stereocenters. The maximum Gasteiger partial charge on any atom is 0.271 e. The first-order valence-electron chi connectivity index (χ1n) is 5.04. The summed E-state index contributed by atoms with van der Waals surface area (Å²) in [6, 6.07) is 3.20. The summed E-state index contributed by atoms with van der Waals surface area (Å²) in [6.45, 7) is 1.01. The molecule has 1 aromatic rings. The van der Waals surface area contributed by atoms with Gasteiger partial charge in [0.1, 0.15) is 19.5 Å². The average molecular weight is 233 g/mol. The molecular formula is C11H11N3O3. The fourth-order valence-corrected chi connectivity index (χ4v) is 1.17. The fraction of sp³-hybridized carbons (Fsp3) is 0.182. The number of carbonyl (C=O) groups excluding carboxylic acids is 1. The Bertz CT molecular complexity index is 443. The van der Waals surface area contributed by atoms with E-state index < -0.39 is 0 Å². The van der Waals surface area contributed by atoms with Gasteiger partial charge in [-0.25, -0.2) is 5.43 Å². The maximum absolute atomic E-state index is 11.5. The zero-order valence-corrected chi connectivity index (χ0v) is 9.00. The third-order valence-corrected chi connectivity index (χ3v) is 1.97. The van der Waals surface area contributed by atoms with Gasteiger partial charge in [-0.05, 0) is 12.1 Å². The third-order valence-electron chi connectivity index (χ3n) is 1.97. The molecule has 1 amide bonds. The van der Waals surface area contributed by atoms with E-state index in [-0.39, 0.29) is 5.91 Å². The van der Waals surface area contributed by atoms with Crippen LogP contribution in [-0.2, 0) is 9.47 Å². The van der Waals surface area contributed by atoms with Crippen molar-refractivity contribution in [2.24, 2.45) is 5.10 Å². The van der Waals surface area contributed by atoms with Crippen LogP contribution in [0.3, 0.4) is 0 Å². The van der Waals surface area contributed by atoms with Crippen molar-refractivity contribution in [3.8, 4) is 0 Å². The SMILES string of the molecule is O=C(NN=CC1=COCCO1)c1ccncc1. The van der Waals surface area contributed by atoms with Gasteiger partial charge in [0.05, 0.1) is 6.21 Å². The van der Waals surface area contributed by atoms with Crippen molar-refractivity contribution in [2.75, 3.05) is 13.2 Å². The van der Waals surface area contributed by atoms with Crippen LogP contribution >= 0.6 is 0 Å². The molecule has 0 bridgehead atoms. The molecule has 0 saturated carbocycles. The molecule has 88 valence electrons. The molecule has 0 saturated heterocycles. The first kappa shape index (κ1) is 11.1. The van der Waals surface area contributed by atoms with Crippen LogP contribution in [0, 0.1) is 0 Å². The van der Waals surface area contributed by atoms with Crippen LogP contribution in [0.15, 0.2) is 41.6 Å². The van der Waals surface area contributed by atoms with Gasteiger partial charge in [-0.2, -0.15) is 5.10 Å². The molecule has 0 spiro atoms. The lowest BCUT2D eigenvalue weighted by Gasteiger charge is -2.11. The van der Waals surface area contributed by atoms with Gasteiger partial charge in [0.15, 0.2) is 5.76 Å². The first-order chi connectivity index (χ1) is 8.36. The van der Waals surface area contributed by atoms with E-state index in [0.717, 1.165) is 0 Å². The predicted molar refractivity (Wildman–Crippen MR) is 60.2 cm³/mol. The standard InChI is InChI=1S/C11H11N3O3/c15-11(9-1-3-12-4-2-9)14-13-7-10-8-16-5-6-17-10/h1-4,7-8H,5-6H2,(H,14,15). The Balaban J connectivity index is 1.88. The molecule has 0 radical (unpaired) electrons. The van der Waals surface area contributed by atoms with Crippen LogP contribution < -0.4 is 5.43 Å². The van der Waals surface area contributed by atoms with Crippen LogP contribution in [0.5, 0.6) is 0 Å². The van der Waals surface area contributed by atoms with Crippen molar-refractivity contribution in [3.05, 3.63) is 42.1 Å². The number of hydrogen-bond acceptors (Lipinski definition) is 5. The second-order valence-corrected chi connectivity index (χ2v) is 3.17. The molecule has 1 aliphatic heterocycles. The Labute approximate surface area is 97.9 Å². The summed E-state index contributed by atoms with van der Waals surface area (Å²) < 4.78 is 10.2. The molecule has 1 aliphatic rings. The minimum Gasteiger partial charge on any atom is -0.494 e. The number of hydrazone groups is 1. The summed E-state index contributed by atoms with van der Waals surface area (Å²) in [4.78, 5) is 15.4. The van der Waals surface area contributed by atoms with E-state index >= 15 is 0 Å². The molecule has 17 heavy (non-hydrogen) atoms. The van der Waals surface area contributed by atoms with Crippen LogP contribution in [0.1, 0.15) is 10.4 Å². The Morgan fingerprint density at radius 2 is 2.24 bits per heavy atom. The highest BCUT2D eigenvalue weighted by Crippen LogP contribution is 2.00. The molecule has 1 N–H and O–H groups in total. The first-order valence-corrected chi connectivity index (χ1v) is 5.04. The Morgan fingerprint density at radius 1 is 1.41 bits per heavy atom. The zero-order chi connectivity index (χ0) is 11.9. The zero-order valence-electron chi connectivity index (χ0n) is 9.00. The summed E-state index contributed by atoms with van der Waals surface area (Å²) >= 11 is 0. The fourth-order valence-electron chi connectivity index (χ4n) is 1.17. The van der Waals surface area contributed by atoms with Gasteiger partial charge in [0.2, 0.25) is 0 Å². The van der Waals surface area contributed by atoms with E-state index in [1.807, 2.05) is 0 Å². The maximum atomic E-state index is 11.5. The number of pyridine rings is 1. The van der Waals surface area contributed by atoms with Crippen LogP contribution in [-0.4, -0.2) is 30.3 Å². The number of aromatic nitrogens is 1. The lowest BCUT2D eigenvalue weighted by Crippen LogP contribution is -2.18. The Morgan fingerprint density at radius 3 is 2.94 bits per heavy atom. The van der Waals surface area contributed by atoms with Crippen LogP contribution in [0.4, 0.5) is 0 Å². The summed E-state index contributed by atoms with van der Waals surface area (Å²) in [5, 5.41) is 3.75. The van der Waals surface area contributed by atoms with E-state index in [4.69, 9.17) is 9.47 Å². The van der Waals surface area contributed by atoms with Crippen molar-refractivity contribution in [3.63, 3.8) is 0 Å². The Hall–Kier alpha value is -2.37. The number of amides is 1. The highest BCUT2D eigenvalue weighted by atomic mass is 16.6. The van der Waals surface area contributed by atoms with E-state index in [0.29, 0.717) is 24.5 Å². The number of hydrogen-bond donors (Lipinski definition) is 1. The quantitative estimate of drug-likeness (QED) is 0.615. The highest BCUT2D eigenvalue weighted by Gasteiger charge is 2.04. The topological polar surface area (TPSA) is 72.8 Å². The molecule has 2 rings (SSSR count). The van der Waals surface area contributed by atoms with Crippen molar-refractivity contribution in [1.29, 1.82) is 0 Å². The number of nitrogens with one attached hydrogen (secondary N) is 1. The monoisotopic (exact) mass is 233 g/mol. The molecule has 2 heterocycles. The minimum atomic E-state index is -0.305. The molecule has 6 nitrogen and oxygen atoms in total. The van der Waals surface area contributed by atoms with Gasteiger partial charge in [-0.3, -0.25) is 9.78 Å². The third kappa shape index (κ3) is 3.30. The molecule has 0 aromatic carbocycles. The van der Waals surface area contributed by atoms with Gasteiger partial charge in [-0.1, -0.05) is 0 Å². The van der Waals surface area contributed by atoms with Gasteiger partial charge in [0.25, 0.3) is 5.91 Å². The molecular weight excluding hydrogens is 222 g/mol. The summed E-state index contributed by atoms with van der Waals surface area (Å²) in [6.07, 6.45) is 5.92. The lowest BCUT2D eigenvalue weighted by atomic mass is 10.3. The highest BCUT2D eigenvalue weighted by molar-refractivity contribution is 5.94. The van der Waals surface area contributed by atoms with Crippen LogP contribution in [0.25, 0.3) is 0 Å². The number of nitrogens with zero attached hydrogens (tertiary/aromatic N) is 2. The summed E-state index contributed by atoms with van der Waals surface area (Å²) in [5.74, 6) is 0.173. The van der Waals surface area contributed by atoms with E-state index in [2.05, 4.69) is 15.5 Å². The Kier molecular flexibility index (Phi) is 3.69. The molecule has 0 fully saturated rings. The minimum absolute atomic E-state index is 0.305. The number of ether oxygens (including phenoxy) is 2. The second-order valence-electron chi connectivity index (χ2n) is 3.17. The lowest BCUT2D eigenvalue weighted by molar-refractivity contribution is 0.0945. The summed E-state index contributed by atoms with van der Waals surface area (Å²) in [5.41, 5.74) is 2.87. The number of rotatable bonds is 3. The van der Waals surface area contributed by atoms with Gasteiger partial charge >= 0.3 is 0 Å². The van der Waals surface area contributed by atoms with Crippen molar-refractivity contribution in [2.45, 2.75) is 0 Å². The molecule has 1 aromatic heterocycles. The van der Waals surface area contributed by atoms with E-state index in [1.54, 1.807) is 24.5 Å². The smallest absolute Gasteiger partial charge is 0.271 e. The van der Waals surface area contributed by atoms with Crippen molar-refractivity contribution < 1.29 is 14.3 Å². The van der Waals surface area contributed by atoms with Gasteiger partial charge in [-0.15, -0.1) is 0 Å². The second kappa shape index (κ2) is 5.64. The van der Waals surface area contributed by atoms with E-state index in [9.17, 15) is 4.79 Å². The predicted octanol–water partition coefficient (Wildman–Crippen LogP) is 0.685. The normalized spacial score (nSPS) is 14.7.